The normalized spacial score (nSPS) is 11.4. The van der Waals surface area contributed by atoms with Gasteiger partial charge in [-0.3, -0.25) is 20.2 Å². The maximum absolute atomic E-state index is 10.9. The number of hydrogen-bond donors (Lipinski definition) is 0. The quantitative estimate of drug-likeness (QED) is 0.455. The fourth-order valence-electron chi connectivity index (χ4n) is 1.88. The summed E-state index contributed by atoms with van der Waals surface area (Å²) in [6.07, 6.45) is -0.375. The molecule has 0 spiro atoms. The first-order chi connectivity index (χ1) is 10.3. The Hall–Kier alpha value is -2.84. The van der Waals surface area contributed by atoms with Gasteiger partial charge in [0.15, 0.2) is 0 Å². The highest BCUT2D eigenvalue weighted by atomic mass is 16.7. The maximum Gasteiger partial charge on any atom is 0.456 e. The first-order valence-corrected chi connectivity index (χ1v) is 6.52. The van der Waals surface area contributed by atoms with Crippen molar-refractivity contribution in [3.63, 3.8) is 0 Å². The Labute approximate surface area is 125 Å². The minimum Gasteiger partial charge on any atom is -0.339 e. The van der Waals surface area contributed by atoms with Gasteiger partial charge >= 0.3 is 5.66 Å². The SMILES string of the molecule is Cc1ccccc1-c1noc(CCC(C)([N+](=O)[O-])[N+](=O)[O-])n1. The van der Waals surface area contributed by atoms with Crippen molar-refractivity contribution in [2.45, 2.75) is 32.4 Å². The van der Waals surface area contributed by atoms with E-state index < -0.39 is 15.5 Å². The van der Waals surface area contributed by atoms with Gasteiger partial charge in [0, 0.05) is 12.0 Å². The molecule has 0 aliphatic rings. The van der Waals surface area contributed by atoms with Crippen LogP contribution in [0.5, 0.6) is 0 Å². The van der Waals surface area contributed by atoms with Gasteiger partial charge < -0.3 is 4.52 Å². The topological polar surface area (TPSA) is 125 Å². The summed E-state index contributed by atoms with van der Waals surface area (Å²) in [5, 5.41) is 25.5. The molecule has 2 aromatic rings. The molecular formula is C13H14N4O5. The number of aromatic nitrogens is 2. The second-order valence-electron chi connectivity index (χ2n) is 5.06. The van der Waals surface area contributed by atoms with Crippen LogP contribution in [-0.4, -0.2) is 25.7 Å². The van der Waals surface area contributed by atoms with Gasteiger partial charge in [-0.1, -0.05) is 29.4 Å². The van der Waals surface area contributed by atoms with Crippen LogP contribution in [0, 0.1) is 27.2 Å². The third-order valence-electron chi connectivity index (χ3n) is 3.45. The van der Waals surface area contributed by atoms with Gasteiger partial charge in [-0.2, -0.15) is 4.98 Å². The van der Waals surface area contributed by atoms with Crippen LogP contribution in [0.3, 0.4) is 0 Å². The molecule has 0 aliphatic heterocycles. The smallest absolute Gasteiger partial charge is 0.339 e. The Morgan fingerprint density at radius 1 is 1.23 bits per heavy atom. The zero-order chi connectivity index (χ0) is 16.3. The lowest BCUT2D eigenvalue weighted by molar-refractivity contribution is -0.793. The van der Waals surface area contributed by atoms with E-state index in [1.807, 2.05) is 31.2 Å². The molecule has 0 radical (unpaired) electrons. The molecule has 0 N–H and O–H groups in total. The predicted octanol–water partition coefficient (Wildman–Crippen LogP) is 2.25. The largest absolute Gasteiger partial charge is 0.456 e. The van der Waals surface area contributed by atoms with E-state index >= 15 is 0 Å². The first-order valence-electron chi connectivity index (χ1n) is 6.52. The Bertz CT molecular complexity index is 698. The standard InChI is InChI=1S/C13H14N4O5/c1-9-5-3-4-6-10(9)12-14-11(22-15-12)7-8-13(2,16(18)19)17(20)21/h3-6H,7-8H2,1-2H3. The van der Waals surface area contributed by atoms with Crippen LogP contribution >= 0.6 is 0 Å². The summed E-state index contributed by atoms with van der Waals surface area (Å²) >= 11 is 0. The van der Waals surface area contributed by atoms with E-state index in [0.29, 0.717) is 5.82 Å². The number of benzene rings is 1. The number of nitro groups is 2. The second-order valence-corrected chi connectivity index (χ2v) is 5.06. The number of rotatable bonds is 6. The summed E-state index contributed by atoms with van der Waals surface area (Å²) in [5.74, 6) is 0.491. The van der Waals surface area contributed by atoms with Crippen LogP contribution in [0.2, 0.25) is 0 Å². The molecule has 0 saturated carbocycles. The summed E-state index contributed by atoms with van der Waals surface area (Å²) in [6.45, 7) is 2.85. The van der Waals surface area contributed by atoms with E-state index in [1.165, 1.54) is 0 Å². The molecule has 9 heteroatoms. The monoisotopic (exact) mass is 306 g/mol. The fourth-order valence-corrected chi connectivity index (χ4v) is 1.88. The molecule has 0 saturated heterocycles. The first kappa shape index (κ1) is 15.5. The summed E-state index contributed by atoms with van der Waals surface area (Å²) in [4.78, 5) is 24.0. The van der Waals surface area contributed by atoms with Crippen molar-refractivity contribution in [1.82, 2.24) is 10.1 Å². The Morgan fingerprint density at radius 3 is 2.45 bits per heavy atom. The van der Waals surface area contributed by atoms with Crippen molar-refractivity contribution in [1.29, 1.82) is 0 Å². The third kappa shape index (κ3) is 2.92. The van der Waals surface area contributed by atoms with Crippen LogP contribution in [0.1, 0.15) is 24.8 Å². The van der Waals surface area contributed by atoms with E-state index in [0.717, 1.165) is 18.1 Å². The summed E-state index contributed by atoms with van der Waals surface area (Å²) in [5.41, 5.74) is -0.531. The molecule has 2 rings (SSSR count). The predicted molar refractivity (Wildman–Crippen MR) is 75.2 cm³/mol. The molecular weight excluding hydrogens is 292 g/mol. The number of nitrogens with zero attached hydrogens (tertiary/aromatic N) is 4. The van der Waals surface area contributed by atoms with Crippen LogP contribution in [-0.2, 0) is 6.42 Å². The summed E-state index contributed by atoms with van der Waals surface area (Å²) < 4.78 is 5.02. The molecule has 1 aromatic carbocycles. The number of hydrogen-bond acceptors (Lipinski definition) is 7. The average Bonchev–Trinajstić information content (AvgIpc) is 2.93. The summed E-state index contributed by atoms with van der Waals surface area (Å²) in [6, 6.07) is 7.42. The molecule has 22 heavy (non-hydrogen) atoms. The summed E-state index contributed by atoms with van der Waals surface area (Å²) in [7, 11) is 0. The number of aryl methyl sites for hydroxylation is 2. The van der Waals surface area contributed by atoms with Gasteiger partial charge in [0.1, 0.15) is 0 Å². The van der Waals surface area contributed by atoms with Gasteiger partial charge in [-0.05, 0) is 12.5 Å². The molecule has 0 fully saturated rings. The van der Waals surface area contributed by atoms with E-state index in [-0.39, 0.29) is 18.7 Å². The van der Waals surface area contributed by atoms with Crippen molar-refractivity contribution in [2.75, 3.05) is 0 Å². The van der Waals surface area contributed by atoms with Gasteiger partial charge in [-0.25, -0.2) is 0 Å². The molecule has 0 aliphatic carbocycles. The Morgan fingerprint density at radius 2 is 1.86 bits per heavy atom. The maximum atomic E-state index is 10.9. The second kappa shape index (κ2) is 5.88. The van der Waals surface area contributed by atoms with Crippen LogP contribution < -0.4 is 0 Å². The molecule has 0 unspecified atom stereocenters. The van der Waals surface area contributed by atoms with Gasteiger partial charge in [0.05, 0.1) is 23.2 Å². The lowest BCUT2D eigenvalue weighted by Crippen LogP contribution is -2.43. The van der Waals surface area contributed by atoms with Gasteiger partial charge in [0.2, 0.25) is 11.7 Å². The van der Waals surface area contributed by atoms with Gasteiger partial charge in [0.25, 0.3) is 0 Å². The van der Waals surface area contributed by atoms with E-state index in [9.17, 15) is 20.2 Å². The zero-order valence-corrected chi connectivity index (χ0v) is 12.1. The van der Waals surface area contributed by atoms with Crippen molar-refractivity contribution in [3.8, 4) is 11.4 Å². The van der Waals surface area contributed by atoms with Crippen molar-refractivity contribution >= 4 is 0 Å². The minimum absolute atomic E-state index is 0.0443. The van der Waals surface area contributed by atoms with Crippen LogP contribution in [0.4, 0.5) is 0 Å². The molecule has 116 valence electrons. The fraction of sp³-hybridized carbons (Fsp3) is 0.385. The molecule has 0 bridgehead atoms. The molecule has 1 aromatic heterocycles. The van der Waals surface area contributed by atoms with Crippen LogP contribution in [0.25, 0.3) is 11.4 Å². The van der Waals surface area contributed by atoms with Crippen molar-refractivity contribution in [2.24, 2.45) is 0 Å². The Kier molecular flexibility index (Phi) is 4.15. The average molecular weight is 306 g/mol. The molecule has 0 amide bonds. The Balaban J connectivity index is 2.15. The highest BCUT2D eigenvalue weighted by molar-refractivity contribution is 5.58. The molecule has 0 atom stereocenters. The minimum atomic E-state index is -2.27. The highest BCUT2D eigenvalue weighted by Gasteiger charge is 2.50. The third-order valence-corrected chi connectivity index (χ3v) is 3.45. The van der Waals surface area contributed by atoms with Crippen molar-refractivity contribution < 1.29 is 14.4 Å². The van der Waals surface area contributed by atoms with Crippen molar-refractivity contribution in [3.05, 3.63) is 55.9 Å². The molecule has 9 nitrogen and oxygen atoms in total. The van der Waals surface area contributed by atoms with Crippen LogP contribution in [0.15, 0.2) is 28.8 Å². The lowest BCUT2D eigenvalue weighted by Gasteiger charge is -2.10. The molecule has 1 heterocycles. The lowest BCUT2D eigenvalue weighted by atomic mass is 10.1. The zero-order valence-electron chi connectivity index (χ0n) is 12.1. The highest BCUT2D eigenvalue weighted by Crippen LogP contribution is 2.22. The van der Waals surface area contributed by atoms with E-state index in [4.69, 9.17) is 4.52 Å². The van der Waals surface area contributed by atoms with E-state index in [2.05, 4.69) is 10.1 Å². The van der Waals surface area contributed by atoms with E-state index in [1.54, 1.807) is 0 Å². The van der Waals surface area contributed by atoms with Gasteiger partial charge in [-0.15, -0.1) is 0 Å².